The van der Waals surface area contributed by atoms with E-state index in [1.165, 1.54) is 20.8 Å². The monoisotopic (exact) mass is 1800 g/mol. The molecular weight excluding hydrogens is 1680 g/mol. The first kappa shape index (κ1) is 104. The van der Waals surface area contributed by atoms with Crippen LogP contribution in [-0.2, 0) is 101 Å². The Balaban J connectivity index is 1.53. The molecule has 0 radical (unpaired) electrons. The van der Waals surface area contributed by atoms with E-state index in [0.717, 1.165) is 44.8 Å². The number of ether oxygens (including phenoxy) is 1. The van der Waals surface area contributed by atoms with Crippen molar-refractivity contribution in [1.82, 2.24) is 58.2 Å². The van der Waals surface area contributed by atoms with Crippen molar-refractivity contribution in [3.63, 3.8) is 0 Å². The summed E-state index contributed by atoms with van der Waals surface area (Å²) in [6.45, 7) is 13.7. The van der Waals surface area contributed by atoms with E-state index in [9.17, 15) is 53.1 Å². The summed E-state index contributed by atoms with van der Waals surface area (Å²) in [6, 6.07) is 11.6. The van der Waals surface area contributed by atoms with Crippen molar-refractivity contribution in [2.45, 2.75) is 255 Å². The molecule has 1 saturated heterocycles. The quantitative estimate of drug-likeness (QED) is 0.0195. The number of nitrogens with two attached hydrogens (primary N) is 6. The number of carbonyl (C=O) groups excluding carboxylic acids is 17. The summed E-state index contributed by atoms with van der Waals surface area (Å²) < 4.78 is 2.71. The first-order valence-electron chi connectivity index (χ1n) is 42.8. The van der Waals surface area contributed by atoms with Crippen molar-refractivity contribution in [2.24, 2.45) is 51.7 Å². The van der Waals surface area contributed by atoms with E-state index in [4.69, 9.17) is 39.1 Å². The molecule has 127 heavy (non-hydrogen) atoms. The number of fused-ring (bicyclic) bond motifs is 2. The van der Waals surface area contributed by atoms with Crippen LogP contribution in [0.15, 0.2) is 91.1 Å². The number of carbonyl (C=O) groups is 17. The van der Waals surface area contributed by atoms with Crippen molar-refractivity contribution in [1.29, 1.82) is 0 Å². The second-order valence-electron chi connectivity index (χ2n) is 33.9. The van der Waals surface area contributed by atoms with Crippen LogP contribution < -0.4 is 92.3 Å². The van der Waals surface area contributed by atoms with Crippen molar-refractivity contribution >= 4 is 143 Å². The maximum atomic E-state index is 16.4. The summed E-state index contributed by atoms with van der Waals surface area (Å²) in [7, 11) is 1.92. The van der Waals surface area contributed by atoms with Crippen LogP contribution >= 0.6 is 21.6 Å². The van der Waals surface area contributed by atoms with Crippen LogP contribution in [-0.4, -0.2) is 207 Å². The summed E-state index contributed by atoms with van der Waals surface area (Å²) in [5.41, 5.74) is 35.2. The van der Waals surface area contributed by atoms with E-state index in [1.807, 2.05) is 49.4 Å². The Kier molecular flexibility index (Phi) is 41.3. The summed E-state index contributed by atoms with van der Waals surface area (Å²) in [4.78, 5) is 245. The zero-order valence-corrected chi connectivity index (χ0v) is 75.4. The fourth-order valence-corrected chi connectivity index (χ4v) is 17.8. The van der Waals surface area contributed by atoms with Gasteiger partial charge in [0, 0.05) is 117 Å². The SMILES string of the molecule is CC(=O)NCCCC[C@H](NC(=O)[C@](C)(CCCCN)CC(=O)[C@H](Cc1ccc2ccccc2c1)NC(=O)[C@@H](CC(=O)[C@H]1NC(=O)[C@H](CCC(N)=O)NC(=O)[C@H](Cc2c[nH]c3c(C)cccc23)NC(=O)[C@H]([C@@H](C)O)NC(=O)[C@H](CCCCC(N)=O)NC(=O)[C@@H](NC(C)=O)C(C)(C)SSC1(C)C)Cc1ccc(OCCN)cc1)C(=O)C[C@@H](CC(N)=O)C(=O)NCCC(N)=O. The number of primary amides is 4. The smallest absolute Gasteiger partial charge is 0.245 e. The first-order valence-corrected chi connectivity index (χ1v) is 44.9. The maximum absolute atomic E-state index is 16.4. The minimum Gasteiger partial charge on any atom is -0.492 e. The van der Waals surface area contributed by atoms with E-state index in [-0.39, 0.29) is 116 Å². The van der Waals surface area contributed by atoms with Crippen molar-refractivity contribution in [2.75, 3.05) is 32.8 Å². The number of para-hydroxylation sites is 1. The third-order valence-corrected chi connectivity index (χ3v) is 26.4. The molecule has 1 aliphatic heterocycles. The number of hydrogen-bond acceptors (Lipinski definition) is 23. The number of hydrogen-bond donors (Lipinski definition) is 18. The van der Waals surface area contributed by atoms with E-state index >= 15 is 33.6 Å². The highest BCUT2D eigenvalue weighted by molar-refractivity contribution is 8.77. The van der Waals surface area contributed by atoms with E-state index in [2.05, 4.69) is 58.2 Å². The number of aryl methyl sites for hydroxylation is 1. The van der Waals surface area contributed by atoms with E-state index < -0.39 is 214 Å². The van der Waals surface area contributed by atoms with E-state index in [1.54, 1.807) is 76.4 Å². The van der Waals surface area contributed by atoms with Crippen LogP contribution in [0.3, 0.4) is 0 Å². The summed E-state index contributed by atoms with van der Waals surface area (Å²) >= 11 is 0. The molecule has 0 aliphatic carbocycles. The lowest BCUT2D eigenvalue weighted by Crippen LogP contribution is -2.63. The Bertz CT molecular complexity index is 4730. The van der Waals surface area contributed by atoms with Gasteiger partial charge in [0.25, 0.3) is 0 Å². The highest BCUT2D eigenvalue weighted by Crippen LogP contribution is 2.47. The maximum Gasteiger partial charge on any atom is 0.245 e. The lowest BCUT2D eigenvalue weighted by atomic mass is 9.77. The van der Waals surface area contributed by atoms with Gasteiger partial charge in [0.1, 0.15) is 48.6 Å². The Labute approximate surface area is 747 Å². The van der Waals surface area contributed by atoms with Gasteiger partial charge in [-0.2, -0.15) is 0 Å². The van der Waals surface area contributed by atoms with Gasteiger partial charge in [-0.25, -0.2) is 0 Å². The number of aromatic amines is 1. The molecule has 4 aromatic carbocycles. The molecule has 14 amide bonds. The third kappa shape index (κ3) is 33.7. The summed E-state index contributed by atoms with van der Waals surface area (Å²) in [5, 5.41) is 40.7. The van der Waals surface area contributed by atoms with Gasteiger partial charge in [0.05, 0.1) is 29.5 Å². The zero-order chi connectivity index (χ0) is 94.0. The molecule has 1 aromatic heterocycles. The lowest BCUT2D eigenvalue weighted by molar-refractivity contribution is -0.139. The number of aromatic nitrogens is 1. The number of aliphatic hydroxyl groups is 1. The standard InChI is InChI=1S/C89H127N17O19S2/c1-50-19-18-22-62-60(49-98-75(50)62)44-67-83(121)100-65(32-33-72(93)114)82(120)106-77(87(5,6)126-127-88(7,8)78(99-53(4)109)85(123)101-64(24-12-13-25-71(92)113)81(119)105-76(51(2)107)84(122)103-67)69(111)46-58(41-54-27-30-61(31-28-54)125-40-37-91)80(118)102-66(43-55-26-29-56-20-10-11-21-57(56)42-55)70(112)48-89(9,35-15-16-36-90)86(124)104-63(23-14-17-38-96-52(3)108)68(110)45-59(47-74(95)116)79(117)97-39-34-73(94)115/h10-11,18-22,26-31,42,49,51,58-59,63-67,76-78,98,107H,12-17,23-25,32-41,43-48,90-91H2,1-9H3,(H2,92,113)(H2,93,114)(H2,94,115)(H2,95,116)(H,96,108)(H,97,117)(H,99,109)(H,100,121)(H,101,123)(H,102,118)(H,103,122)(H,104,124)(H,105,119)(H,106,120)/t51-,58-,59+,63+,64+,65+,66+,67+,76+,77-,78-,89-/m1/s1. The summed E-state index contributed by atoms with van der Waals surface area (Å²) in [6.07, 6.45) is -3.74. The van der Waals surface area contributed by atoms with E-state index in [0.29, 0.717) is 46.2 Å². The number of ketones is 3. The van der Waals surface area contributed by atoms with Gasteiger partial charge < -0.3 is 102 Å². The summed E-state index contributed by atoms with van der Waals surface area (Å²) in [5.74, 6) is -16.6. The average Bonchev–Trinajstić information content (AvgIpc) is 1.24. The molecule has 0 spiro atoms. The van der Waals surface area contributed by atoms with Crippen molar-refractivity contribution in [3.8, 4) is 5.75 Å². The number of nitrogens with one attached hydrogen (secondary N) is 11. The van der Waals surface area contributed by atoms with Crippen LogP contribution in [0.1, 0.15) is 187 Å². The number of aliphatic hydroxyl groups excluding tert-OH is 1. The fourth-order valence-electron chi connectivity index (χ4n) is 14.9. The number of benzene rings is 4. The fraction of sp³-hybridized carbons (Fsp3) is 0.539. The highest BCUT2D eigenvalue weighted by atomic mass is 33.1. The molecule has 6 rings (SSSR count). The Hall–Kier alpha value is -11.3. The molecule has 1 aliphatic rings. The third-order valence-electron chi connectivity index (χ3n) is 22.1. The lowest BCUT2D eigenvalue weighted by Gasteiger charge is -2.39. The van der Waals surface area contributed by atoms with Gasteiger partial charge in [0.2, 0.25) is 82.7 Å². The van der Waals surface area contributed by atoms with Crippen LogP contribution in [0.2, 0.25) is 0 Å². The molecule has 38 heteroatoms. The van der Waals surface area contributed by atoms with Gasteiger partial charge in [-0.15, -0.1) is 0 Å². The second kappa shape index (κ2) is 50.3. The van der Waals surface area contributed by atoms with Crippen LogP contribution in [0.5, 0.6) is 5.75 Å². The van der Waals surface area contributed by atoms with Gasteiger partial charge in [-0.05, 0) is 157 Å². The molecule has 0 bridgehead atoms. The molecule has 2 heterocycles. The zero-order valence-electron chi connectivity index (χ0n) is 73.8. The molecular formula is C89H127N17O19S2. The molecule has 1 fully saturated rings. The van der Waals surface area contributed by atoms with Crippen molar-refractivity contribution < 1.29 is 91.4 Å². The first-order chi connectivity index (χ1) is 59.9. The van der Waals surface area contributed by atoms with Crippen LogP contribution in [0.25, 0.3) is 21.7 Å². The molecule has 0 saturated carbocycles. The minimum absolute atomic E-state index is 0.0205. The number of H-pyrrole nitrogens is 1. The van der Waals surface area contributed by atoms with Crippen LogP contribution in [0, 0.1) is 24.2 Å². The number of Topliss-reactive ketones (excluding diaryl/α,β-unsaturated/α-hetero) is 3. The predicted octanol–water partition coefficient (Wildman–Crippen LogP) is 1.96. The normalized spacial score (nSPS) is 19.3. The Morgan fingerprint density at radius 1 is 0.567 bits per heavy atom. The number of rotatable bonds is 47. The van der Waals surface area contributed by atoms with Gasteiger partial charge in [-0.1, -0.05) is 114 Å². The Morgan fingerprint density at radius 2 is 1.20 bits per heavy atom. The Morgan fingerprint density at radius 3 is 1.85 bits per heavy atom. The van der Waals surface area contributed by atoms with Gasteiger partial charge in [0.15, 0.2) is 17.3 Å². The molecule has 5 aromatic rings. The molecule has 36 nitrogen and oxygen atoms in total. The van der Waals surface area contributed by atoms with Crippen LogP contribution in [0.4, 0.5) is 0 Å². The molecule has 694 valence electrons. The highest BCUT2D eigenvalue weighted by Gasteiger charge is 2.47. The minimum atomic E-state index is -1.86. The predicted molar refractivity (Wildman–Crippen MR) is 481 cm³/mol. The van der Waals surface area contributed by atoms with Crippen molar-refractivity contribution in [3.05, 3.63) is 113 Å². The van der Waals surface area contributed by atoms with Gasteiger partial charge in [-0.3, -0.25) is 81.5 Å². The number of amides is 14. The molecule has 0 unspecified atom stereocenters. The van der Waals surface area contributed by atoms with Gasteiger partial charge >= 0.3 is 0 Å². The topological polar surface area (TPSA) is 612 Å². The number of unbranched alkanes of at least 4 members (excludes halogenated alkanes) is 3. The molecule has 24 N–H and O–H groups in total. The second-order valence-corrected chi connectivity index (χ2v) is 37.3. The average molecular weight is 1800 g/mol. The largest absolute Gasteiger partial charge is 0.492 e. The molecule has 12 atom stereocenters.